The van der Waals surface area contributed by atoms with Crippen molar-refractivity contribution >= 4 is 17.6 Å². The van der Waals surface area contributed by atoms with Crippen LogP contribution in [0.1, 0.15) is 34.8 Å². The highest BCUT2D eigenvalue weighted by Gasteiger charge is 2.26. The maximum absolute atomic E-state index is 13.5. The number of carboxylic acid groups (broad SMARTS) is 1. The summed E-state index contributed by atoms with van der Waals surface area (Å²) in [6, 6.07) is 2.23. The van der Waals surface area contributed by atoms with Crippen molar-refractivity contribution in [2.45, 2.75) is 18.8 Å². The highest BCUT2D eigenvalue weighted by atomic mass is 35.5. The summed E-state index contributed by atoms with van der Waals surface area (Å²) in [5.41, 5.74) is 0.971. The molecule has 98 valence electrons. The minimum atomic E-state index is -1.32. The Labute approximate surface area is 113 Å². The van der Waals surface area contributed by atoms with Gasteiger partial charge in [-0.2, -0.15) is 0 Å². The summed E-state index contributed by atoms with van der Waals surface area (Å²) in [6.45, 7) is 0. The van der Waals surface area contributed by atoms with Crippen LogP contribution < -0.4 is 0 Å². The van der Waals surface area contributed by atoms with Crippen molar-refractivity contribution in [2.24, 2.45) is 0 Å². The molecule has 19 heavy (non-hydrogen) atoms. The number of imidazole rings is 1. The van der Waals surface area contributed by atoms with E-state index in [0.29, 0.717) is 11.6 Å². The number of hydrogen-bond acceptors (Lipinski definition) is 2. The van der Waals surface area contributed by atoms with E-state index in [1.807, 2.05) is 6.20 Å². The molecule has 6 heteroatoms. The molecule has 1 fully saturated rings. The van der Waals surface area contributed by atoms with E-state index in [9.17, 15) is 9.18 Å². The summed E-state index contributed by atoms with van der Waals surface area (Å²) < 4.78 is 15.1. The van der Waals surface area contributed by atoms with Crippen molar-refractivity contribution in [3.8, 4) is 5.69 Å². The van der Waals surface area contributed by atoms with Crippen LogP contribution in [0.2, 0.25) is 5.02 Å². The zero-order valence-electron chi connectivity index (χ0n) is 9.81. The van der Waals surface area contributed by atoms with E-state index < -0.39 is 17.3 Å². The van der Waals surface area contributed by atoms with Gasteiger partial charge in [0.25, 0.3) is 0 Å². The standard InChI is InChI=1S/C13H10ClFN2O2/c14-9-4-10(15)8(13(18)19)3-12(9)17-5-11(16-6-17)7-1-2-7/h3-7H,1-2H2,(H,18,19). The van der Waals surface area contributed by atoms with Crippen LogP contribution in [0.25, 0.3) is 5.69 Å². The number of rotatable bonds is 3. The third-order valence-corrected chi connectivity index (χ3v) is 3.45. The summed E-state index contributed by atoms with van der Waals surface area (Å²) in [7, 11) is 0. The van der Waals surface area contributed by atoms with Crippen LogP contribution >= 0.6 is 11.6 Å². The minimum absolute atomic E-state index is 0.155. The first-order chi connectivity index (χ1) is 9.06. The monoisotopic (exact) mass is 280 g/mol. The normalized spacial score (nSPS) is 14.6. The fraction of sp³-hybridized carbons (Fsp3) is 0.231. The smallest absolute Gasteiger partial charge is 0.338 e. The van der Waals surface area contributed by atoms with Gasteiger partial charge in [-0.05, 0) is 25.0 Å². The number of carbonyl (C=O) groups is 1. The lowest BCUT2D eigenvalue weighted by Gasteiger charge is -2.07. The van der Waals surface area contributed by atoms with E-state index in [-0.39, 0.29) is 5.02 Å². The van der Waals surface area contributed by atoms with Crippen LogP contribution in [0.4, 0.5) is 4.39 Å². The van der Waals surface area contributed by atoms with Crippen LogP contribution in [0.5, 0.6) is 0 Å². The molecule has 1 saturated carbocycles. The van der Waals surface area contributed by atoms with Crippen molar-refractivity contribution in [3.63, 3.8) is 0 Å². The Morgan fingerprint density at radius 1 is 1.47 bits per heavy atom. The molecule has 1 aromatic heterocycles. The lowest BCUT2D eigenvalue weighted by Crippen LogP contribution is -2.03. The number of nitrogens with zero attached hydrogens (tertiary/aromatic N) is 2. The molecule has 1 heterocycles. The number of hydrogen-bond donors (Lipinski definition) is 1. The van der Waals surface area contributed by atoms with Gasteiger partial charge in [-0.1, -0.05) is 11.6 Å². The average molecular weight is 281 g/mol. The Morgan fingerprint density at radius 3 is 2.84 bits per heavy atom. The van der Waals surface area contributed by atoms with Gasteiger partial charge in [0.2, 0.25) is 0 Å². The Balaban J connectivity index is 2.07. The average Bonchev–Trinajstić information content (AvgIpc) is 3.08. The molecule has 0 unspecified atom stereocenters. The van der Waals surface area contributed by atoms with E-state index in [2.05, 4.69) is 4.98 Å². The van der Waals surface area contributed by atoms with Gasteiger partial charge in [-0.15, -0.1) is 0 Å². The quantitative estimate of drug-likeness (QED) is 0.939. The van der Waals surface area contributed by atoms with Crippen LogP contribution in [-0.2, 0) is 0 Å². The lowest BCUT2D eigenvalue weighted by atomic mass is 10.2. The third kappa shape index (κ3) is 2.21. The molecular formula is C13H10ClFN2O2. The predicted octanol–water partition coefficient (Wildman–Crippen LogP) is 3.24. The van der Waals surface area contributed by atoms with Crippen LogP contribution in [0, 0.1) is 5.82 Å². The van der Waals surface area contributed by atoms with Gasteiger partial charge in [0, 0.05) is 12.1 Å². The molecule has 0 atom stereocenters. The summed E-state index contributed by atoms with van der Waals surface area (Å²) in [5, 5.41) is 9.08. The fourth-order valence-electron chi connectivity index (χ4n) is 1.96. The van der Waals surface area contributed by atoms with Gasteiger partial charge >= 0.3 is 5.97 Å². The molecular weight excluding hydrogens is 271 g/mol. The first kappa shape index (κ1) is 12.2. The third-order valence-electron chi connectivity index (χ3n) is 3.14. The Kier molecular flexibility index (Phi) is 2.78. The van der Waals surface area contributed by atoms with Crippen LogP contribution in [0.15, 0.2) is 24.7 Å². The van der Waals surface area contributed by atoms with Crippen molar-refractivity contribution in [3.05, 3.63) is 46.8 Å². The van der Waals surface area contributed by atoms with Crippen molar-refractivity contribution < 1.29 is 14.3 Å². The molecule has 0 radical (unpaired) electrons. The first-order valence-electron chi connectivity index (χ1n) is 5.83. The second-order valence-electron chi connectivity index (χ2n) is 4.57. The second-order valence-corrected chi connectivity index (χ2v) is 4.98. The first-order valence-corrected chi connectivity index (χ1v) is 6.20. The Hall–Kier alpha value is -1.88. The van der Waals surface area contributed by atoms with E-state index in [1.54, 1.807) is 10.9 Å². The predicted molar refractivity (Wildman–Crippen MR) is 67.5 cm³/mol. The van der Waals surface area contributed by atoms with E-state index in [0.717, 1.165) is 24.6 Å². The molecule has 1 aliphatic rings. The molecule has 4 nitrogen and oxygen atoms in total. The molecule has 1 N–H and O–H groups in total. The van der Waals surface area contributed by atoms with Gasteiger partial charge in [0.15, 0.2) is 0 Å². The fourth-order valence-corrected chi connectivity index (χ4v) is 2.21. The summed E-state index contributed by atoms with van der Waals surface area (Å²) in [6.07, 6.45) is 5.61. The maximum atomic E-state index is 13.5. The van der Waals surface area contributed by atoms with Gasteiger partial charge in [-0.3, -0.25) is 0 Å². The zero-order valence-corrected chi connectivity index (χ0v) is 10.6. The highest BCUT2D eigenvalue weighted by Crippen LogP contribution is 2.39. The van der Waals surface area contributed by atoms with Crippen molar-refractivity contribution in [2.75, 3.05) is 0 Å². The van der Waals surface area contributed by atoms with Crippen LogP contribution in [0.3, 0.4) is 0 Å². The van der Waals surface area contributed by atoms with Gasteiger partial charge in [0.05, 0.1) is 28.3 Å². The van der Waals surface area contributed by atoms with Crippen molar-refractivity contribution in [1.29, 1.82) is 0 Å². The van der Waals surface area contributed by atoms with E-state index in [4.69, 9.17) is 16.7 Å². The number of aromatic carboxylic acids is 1. The molecule has 0 amide bonds. The Morgan fingerprint density at radius 2 is 2.21 bits per heavy atom. The largest absolute Gasteiger partial charge is 0.478 e. The van der Waals surface area contributed by atoms with Crippen LogP contribution in [-0.4, -0.2) is 20.6 Å². The molecule has 3 rings (SSSR count). The number of carboxylic acids is 1. The van der Waals surface area contributed by atoms with E-state index >= 15 is 0 Å². The lowest BCUT2D eigenvalue weighted by molar-refractivity contribution is 0.0692. The zero-order chi connectivity index (χ0) is 13.6. The second kappa shape index (κ2) is 4.35. The highest BCUT2D eigenvalue weighted by molar-refractivity contribution is 6.32. The molecule has 1 aliphatic carbocycles. The minimum Gasteiger partial charge on any atom is -0.478 e. The summed E-state index contributed by atoms with van der Waals surface area (Å²) in [5.74, 6) is -1.68. The molecule has 0 saturated heterocycles. The van der Waals surface area contributed by atoms with Gasteiger partial charge in [-0.25, -0.2) is 14.2 Å². The van der Waals surface area contributed by atoms with Crippen molar-refractivity contribution in [1.82, 2.24) is 9.55 Å². The number of aromatic nitrogens is 2. The SMILES string of the molecule is O=C(O)c1cc(-n2cnc(C3CC3)c2)c(Cl)cc1F. The molecule has 2 aromatic rings. The number of benzene rings is 1. The van der Waals surface area contributed by atoms with E-state index in [1.165, 1.54) is 6.07 Å². The molecule has 0 spiro atoms. The van der Waals surface area contributed by atoms with Gasteiger partial charge < -0.3 is 9.67 Å². The molecule has 1 aromatic carbocycles. The summed E-state index contributed by atoms with van der Waals surface area (Å²) in [4.78, 5) is 15.2. The topological polar surface area (TPSA) is 55.1 Å². The summed E-state index contributed by atoms with van der Waals surface area (Å²) >= 11 is 5.96. The van der Waals surface area contributed by atoms with Gasteiger partial charge in [0.1, 0.15) is 5.82 Å². The molecule has 0 bridgehead atoms. The molecule has 0 aliphatic heterocycles. The Bertz CT molecular complexity index is 665. The number of halogens is 2. The maximum Gasteiger partial charge on any atom is 0.338 e.